The van der Waals surface area contributed by atoms with Crippen LogP contribution < -0.4 is 5.32 Å². The molecule has 0 saturated carbocycles. The first-order valence-corrected chi connectivity index (χ1v) is 7.40. The monoisotopic (exact) mass is 265 g/mol. The second kappa shape index (κ2) is 6.00. The zero-order chi connectivity index (χ0) is 13.7. The Morgan fingerprint density at radius 3 is 2.00 bits per heavy atom. The van der Waals surface area contributed by atoms with Crippen LogP contribution in [0.15, 0.2) is 0 Å². The van der Waals surface area contributed by atoms with Crippen molar-refractivity contribution in [2.75, 3.05) is 18.6 Å². The fourth-order valence-electron chi connectivity index (χ4n) is 1.44. The van der Waals surface area contributed by atoms with Gasteiger partial charge in [-0.2, -0.15) is 0 Å². The van der Waals surface area contributed by atoms with E-state index in [0.29, 0.717) is 12.8 Å². The van der Waals surface area contributed by atoms with Crippen molar-refractivity contribution in [1.82, 2.24) is 5.32 Å². The number of hydrogen-bond donors (Lipinski definition) is 2. The van der Waals surface area contributed by atoms with Gasteiger partial charge in [-0.1, -0.05) is 13.8 Å². The molecular formula is C10H19NO5S. The predicted molar refractivity (Wildman–Crippen MR) is 63.4 cm³/mol. The second-order valence-corrected chi connectivity index (χ2v) is 6.28. The maximum Gasteiger partial charge on any atom is 0.311 e. The molecule has 0 fully saturated rings. The molecular weight excluding hydrogens is 246 g/mol. The molecule has 0 bridgehead atoms. The lowest BCUT2D eigenvalue weighted by atomic mass is 9.82. The molecule has 0 aliphatic carbocycles. The van der Waals surface area contributed by atoms with Crippen molar-refractivity contribution in [3.8, 4) is 0 Å². The quantitative estimate of drug-likeness (QED) is 0.676. The van der Waals surface area contributed by atoms with Crippen molar-refractivity contribution in [1.29, 1.82) is 0 Å². The van der Waals surface area contributed by atoms with E-state index in [2.05, 4.69) is 5.32 Å². The SMILES string of the molecule is CCC(CC)(CNC(=O)CS(C)(=O)=O)C(=O)O. The van der Waals surface area contributed by atoms with Gasteiger partial charge in [-0.25, -0.2) is 8.42 Å². The van der Waals surface area contributed by atoms with E-state index in [9.17, 15) is 18.0 Å². The van der Waals surface area contributed by atoms with Crippen LogP contribution in [0.3, 0.4) is 0 Å². The topological polar surface area (TPSA) is 101 Å². The molecule has 1 amide bonds. The normalized spacial score (nSPS) is 12.2. The Balaban J connectivity index is 4.53. The van der Waals surface area contributed by atoms with Crippen LogP contribution in [0.5, 0.6) is 0 Å². The summed E-state index contributed by atoms with van der Waals surface area (Å²) < 4.78 is 21.7. The van der Waals surface area contributed by atoms with Crippen LogP contribution in [0.25, 0.3) is 0 Å². The fourth-order valence-corrected chi connectivity index (χ4v) is 2.01. The number of amides is 1. The molecule has 6 nitrogen and oxygen atoms in total. The molecule has 0 aromatic heterocycles. The molecule has 0 aromatic rings. The van der Waals surface area contributed by atoms with Gasteiger partial charge in [0.05, 0.1) is 5.41 Å². The number of nitrogens with one attached hydrogen (secondary N) is 1. The maximum absolute atomic E-state index is 11.3. The summed E-state index contributed by atoms with van der Waals surface area (Å²) >= 11 is 0. The van der Waals surface area contributed by atoms with Gasteiger partial charge in [0.15, 0.2) is 9.84 Å². The van der Waals surface area contributed by atoms with Crippen LogP contribution in [0.4, 0.5) is 0 Å². The molecule has 0 aliphatic rings. The molecule has 100 valence electrons. The third kappa shape index (κ3) is 5.16. The third-order valence-electron chi connectivity index (χ3n) is 2.82. The van der Waals surface area contributed by atoms with Crippen molar-refractivity contribution in [2.45, 2.75) is 26.7 Å². The van der Waals surface area contributed by atoms with Crippen LogP contribution in [0, 0.1) is 5.41 Å². The van der Waals surface area contributed by atoms with Crippen LogP contribution in [-0.2, 0) is 19.4 Å². The van der Waals surface area contributed by atoms with Crippen LogP contribution in [0.1, 0.15) is 26.7 Å². The number of aliphatic carboxylic acids is 1. The van der Waals surface area contributed by atoms with Gasteiger partial charge in [0.1, 0.15) is 5.75 Å². The Morgan fingerprint density at radius 1 is 1.24 bits per heavy atom. The van der Waals surface area contributed by atoms with Gasteiger partial charge < -0.3 is 10.4 Å². The lowest BCUT2D eigenvalue weighted by Crippen LogP contribution is -2.43. The Hall–Kier alpha value is -1.11. The molecule has 0 radical (unpaired) electrons. The first-order valence-electron chi connectivity index (χ1n) is 5.34. The summed E-state index contributed by atoms with van der Waals surface area (Å²) in [6.07, 6.45) is 1.70. The number of carbonyl (C=O) groups is 2. The Morgan fingerprint density at radius 2 is 1.71 bits per heavy atom. The van der Waals surface area contributed by atoms with Gasteiger partial charge >= 0.3 is 5.97 Å². The van der Waals surface area contributed by atoms with E-state index in [1.54, 1.807) is 13.8 Å². The average molecular weight is 265 g/mol. The van der Waals surface area contributed by atoms with Crippen molar-refractivity contribution >= 4 is 21.7 Å². The number of carboxylic acid groups (broad SMARTS) is 1. The van der Waals surface area contributed by atoms with Gasteiger partial charge in [-0.15, -0.1) is 0 Å². The molecule has 0 aromatic carbocycles. The van der Waals surface area contributed by atoms with Crippen LogP contribution in [-0.4, -0.2) is 44.0 Å². The molecule has 2 N–H and O–H groups in total. The summed E-state index contributed by atoms with van der Waals surface area (Å²) in [7, 11) is -3.38. The molecule has 7 heteroatoms. The van der Waals surface area contributed by atoms with E-state index in [0.717, 1.165) is 6.26 Å². The molecule has 17 heavy (non-hydrogen) atoms. The average Bonchev–Trinajstić information content (AvgIpc) is 2.17. The maximum atomic E-state index is 11.3. The number of carbonyl (C=O) groups excluding carboxylic acids is 1. The van der Waals surface area contributed by atoms with Gasteiger partial charge in [0.25, 0.3) is 0 Å². The predicted octanol–water partition coefficient (Wildman–Crippen LogP) is 0.0382. The van der Waals surface area contributed by atoms with Gasteiger partial charge in [0.2, 0.25) is 5.91 Å². The zero-order valence-corrected chi connectivity index (χ0v) is 11.1. The minimum Gasteiger partial charge on any atom is -0.481 e. The summed E-state index contributed by atoms with van der Waals surface area (Å²) in [4.78, 5) is 22.4. The van der Waals surface area contributed by atoms with E-state index in [4.69, 9.17) is 5.11 Å². The van der Waals surface area contributed by atoms with Gasteiger partial charge in [-0.3, -0.25) is 9.59 Å². The van der Waals surface area contributed by atoms with E-state index in [1.165, 1.54) is 0 Å². The first kappa shape index (κ1) is 15.9. The van der Waals surface area contributed by atoms with Crippen LogP contribution >= 0.6 is 0 Å². The highest BCUT2D eigenvalue weighted by atomic mass is 32.2. The Labute approximate surface area is 101 Å². The minimum atomic E-state index is -3.38. The van der Waals surface area contributed by atoms with Crippen molar-refractivity contribution in [2.24, 2.45) is 5.41 Å². The van der Waals surface area contributed by atoms with Crippen molar-refractivity contribution in [3.05, 3.63) is 0 Å². The van der Waals surface area contributed by atoms with Gasteiger partial charge in [-0.05, 0) is 12.8 Å². The Bertz CT molecular complexity index is 384. The summed E-state index contributed by atoms with van der Waals surface area (Å²) in [5.74, 6) is -2.27. The summed E-state index contributed by atoms with van der Waals surface area (Å²) in [5.41, 5.74) is -1.02. The molecule has 0 spiro atoms. The smallest absolute Gasteiger partial charge is 0.311 e. The minimum absolute atomic E-state index is 0.0519. The summed E-state index contributed by atoms with van der Waals surface area (Å²) in [5, 5.41) is 11.5. The second-order valence-electron chi connectivity index (χ2n) is 4.14. The fraction of sp³-hybridized carbons (Fsp3) is 0.800. The summed E-state index contributed by atoms with van der Waals surface area (Å²) in [6, 6.07) is 0. The number of carboxylic acids is 1. The highest BCUT2D eigenvalue weighted by Crippen LogP contribution is 2.25. The van der Waals surface area contributed by atoms with Crippen LogP contribution in [0.2, 0.25) is 0 Å². The van der Waals surface area contributed by atoms with Gasteiger partial charge in [0, 0.05) is 12.8 Å². The highest BCUT2D eigenvalue weighted by molar-refractivity contribution is 7.91. The molecule has 0 rings (SSSR count). The largest absolute Gasteiger partial charge is 0.481 e. The Kier molecular flexibility index (Phi) is 5.60. The van der Waals surface area contributed by atoms with E-state index in [-0.39, 0.29) is 6.54 Å². The summed E-state index contributed by atoms with van der Waals surface area (Å²) in [6.45, 7) is 3.39. The standard InChI is InChI=1S/C10H19NO5S/c1-4-10(5-2,9(13)14)7-11-8(12)6-17(3,15)16/h4-7H2,1-3H3,(H,11,12)(H,13,14). The third-order valence-corrected chi connectivity index (χ3v) is 3.61. The van der Waals surface area contributed by atoms with Crippen molar-refractivity contribution in [3.63, 3.8) is 0 Å². The zero-order valence-electron chi connectivity index (χ0n) is 10.3. The highest BCUT2D eigenvalue weighted by Gasteiger charge is 2.35. The van der Waals surface area contributed by atoms with E-state index >= 15 is 0 Å². The van der Waals surface area contributed by atoms with Crippen molar-refractivity contribution < 1.29 is 23.1 Å². The number of sulfone groups is 1. The number of rotatable bonds is 7. The van der Waals surface area contributed by atoms with E-state index < -0.39 is 32.9 Å². The molecule has 0 aliphatic heterocycles. The molecule has 0 heterocycles. The molecule has 0 unspecified atom stereocenters. The first-order chi connectivity index (χ1) is 7.67. The molecule has 0 atom stereocenters. The lowest BCUT2D eigenvalue weighted by molar-refractivity contribution is -0.149. The number of hydrogen-bond acceptors (Lipinski definition) is 4. The molecule has 0 saturated heterocycles. The lowest BCUT2D eigenvalue weighted by Gasteiger charge is -2.26. The van der Waals surface area contributed by atoms with E-state index in [1.807, 2.05) is 0 Å².